The molecule has 0 bridgehead atoms. The lowest BCUT2D eigenvalue weighted by molar-refractivity contribution is -0.277. The normalized spacial score (nSPS) is 26.5. The van der Waals surface area contributed by atoms with Crippen LogP contribution in [-0.2, 0) is 4.74 Å². The van der Waals surface area contributed by atoms with Crippen LogP contribution in [0.4, 0.5) is 0 Å². The van der Waals surface area contributed by atoms with Crippen molar-refractivity contribution in [3.8, 4) is 22.7 Å². The van der Waals surface area contributed by atoms with Crippen molar-refractivity contribution in [3.63, 3.8) is 0 Å². The van der Waals surface area contributed by atoms with E-state index < -0.39 is 37.3 Å². The zero-order chi connectivity index (χ0) is 21.3. The van der Waals surface area contributed by atoms with Crippen LogP contribution in [0.5, 0.6) is 5.75 Å². The van der Waals surface area contributed by atoms with Crippen molar-refractivity contribution in [2.45, 2.75) is 37.6 Å². The number of nitrogens with zero attached hydrogens (tertiary/aromatic N) is 3. The van der Waals surface area contributed by atoms with E-state index in [9.17, 15) is 20.4 Å². The van der Waals surface area contributed by atoms with Gasteiger partial charge in [-0.3, -0.25) is 0 Å². The van der Waals surface area contributed by atoms with E-state index >= 15 is 0 Å². The molecule has 0 aliphatic carbocycles. The van der Waals surface area contributed by atoms with E-state index in [1.165, 1.54) is 0 Å². The predicted molar refractivity (Wildman–Crippen MR) is 106 cm³/mol. The maximum absolute atomic E-state index is 10.2. The van der Waals surface area contributed by atoms with Crippen molar-refractivity contribution in [2.24, 2.45) is 0 Å². The van der Waals surface area contributed by atoms with E-state index in [2.05, 4.69) is 10.3 Å². The number of benzene rings is 2. The van der Waals surface area contributed by atoms with Crippen molar-refractivity contribution in [2.75, 3.05) is 6.61 Å². The molecule has 0 saturated carbocycles. The summed E-state index contributed by atoms with van der Waals surface area (Å²) in [6, 6.07) is 15.0. The highest BCUT2D eigenvalue weighted by atomic mass is 16.7. The number of aliphatic hydroxyl groups is 4. The minimum atomic E-state index is -1.49. The van der Waals surface area contributed by atoms with Crippen molar-refractivity contribution >= 4 is 0 Å². The van der Waals surface area contributed by atoms with E-state index in [0.29, 0.717) is 5.75 Å². The largest absolute Gasteiger partial charge is 0.462 e. The summed E-state index contributed by atoms with van der Waals surface area (Å²) < 4.78 is 12.8. The zero-order valence-electron chi connectivity index (χ0n) is 16.2. The number of rotatable bonds is 5. The molecule has 0 spiro atoms. The van der Waals surface area contributed by atoms with Gasteiger partial charge in [0.05, 0.1) is 18.5 Å². The van der Waals surface area contributed by atoms with Crippen LogP contribution in [0.2, 0.25) is 0 Å². The molecule has 1 aromatic heterocycles. The van der Waals surface area contributed by atoms with Gasteiger partial charge in [-0.2, -0.15) is 0 Å². The van der Waals surface area contributed by atoms with Gasteiger partial charge < -0.3 is 29.9 Å². The number of aromatic nitrogens is 3. The minimum absolute atomic E-state index is 0.423. The summed E-state index contributed by atoms with van der Waals surface area (Å²) in [5, 5.41) is 47.6. The summed E-state index contributed by atoms with van der Waals surface area (Å²) in [6.45, 7) is 1.30. The molecular formula is C21H23N3O6. The summed E-state index contributed by atoms with van der Waals surface area (Å²) in [4.78, 5) is 0. The maximum Gasteiger partial charge on any atom is 0.229 e. The van der Waals surface area contributed by atoms with E-state index in [1.54, 1.807) is 16.8 Å². The quantitative estimate of drug-likeness (QED) is 0.474. The third-order valence-corrected chi connectivity index (χ3v) is 5.08. The standard InChI is InChI=1S/C21H23N3O6/c1-12-9-14(24-10-15(22-23-24)13-5-3-2-4-6-13)7-8-16(12)29-21-20(28)19(27)18(26)17(11-25)30-21/h2-10,17-21,25-28H,11H2,1H3/t17-,18-,19+,20+,21+/m1/s1. The van der Waals surface area contributed by atoms with E-state index in [-0.39, 0.29) is 0 Å². The molecule has 158 valence electrons. The Hall–Kier alpha value is -2.82. The van der Waals surface area contributed by atoms with Crippen molar-refractivity contribution < 1.29 is 29.9 Å². The zero-order valence-corrected chi connectivity index (χ0v) is 16.2. The summed E-state index contributed by atoms with van der Waals surface area (Å²) >= 11 is 0. The minimum Gasteiger partial charge on any atom is -0.462 e. The number of hydrogen-bond donors (Lipinski definition) is 4. The van der Waals surface area contributed by atoms with Crippen LogP contribution in [0.15, 0.2) is 54.7 Å². The third kappa shape index (κ3) is 3.93. The maximum atomic E-state index is 10.2. The summed E-state index contributed by atoms with van der Waals surface area (Å²) in [7, 11) is 0. The fourth-order valence-electron chi connectivity index (χ4n) is 3.33. The fourth-order valence-corrected chi connectivity index (χ4v) is 3.33. The molecule has 1 aliphatic heterocycles. The highest BCUT2D eigenvalue weighted by Crippen LogP contribution is 2.28. The van der Waals surface area contributed by atoms with Gasteiger partial charge in [0.25, 0.3) is 0 Å². The SMILES string of the molecule is Cc1cc(-n2cc(-c3ccccc3)nn2)ccc1O[C@H]1O[C@H](CO)[C@@H](O)[C@H](O)[C@@H]1O. The van der Waals surface area contributed by atoms with Gasteiger partial charge >= 0.3 is 0 Å². The first kappa shape index (κ1) is 20.5. The molecule has 9 nitrogen and oxygen atoms in total. The van der Waals surface area contributed by atoms with Crippen LogP contribution >= 0.6 is 0 Å². The Morgan fingerprint density at radius 2 is 1.80 bits per heavy atom. The van der Waals surface area contributed by atoms with Crippen molar-refractivity contribution in [3.05, 3.63) is 60.3 Å². The highest BCUT2D eigenvalue weighted by Gasteiger charge is 2.44. The van der Waals surface area contributed by atoms with Crippen LogP contribution in [0.1, 0.15) is 5.56 Å². The first-order chi connectivity index (χ1) is 14.5. The average molecular weight is 413 g/mol. The Labute approximate surface area is 172 Å². The lowest BCUT2D eigenvalue weighted by Crippen LogP contribution is -2.60. The van der Waals surface area contributed by atoms with Crippen LogP contribution in [0.25, 0.3) is 16.9 Å². The molecule has 1 saturated heterocycles. The first-order valence-electron chi connectivity index (χ1n) is 9.54. The molecule has 0 unspecified atom stereocenters. The van der Waals surface area contributed by atoms with Crippen LogP contribution < -0.4 is 4.74 Å². The number of aliphatic hydroxyl groups excluding tert-OH is 4. The lowest BCUT2D eigenvalue weighted by atomic mass is 9.99. The van der Waals surface area contributed by atoms with Crippen molar-refractivity contribution in [1.29, 1.82) is 0 Å². The fraction of sp³-hybridized carbons (Fsp3) is 0.333. The number of ether oxygens (including phenoxy) is 2. The second-order valence-electron chi connectivity index (χ2n) is 7.18. The summed E-state index contributed by atoms with van der Waals surface area (Å²) in [5.41, 5.74) is 3.21. The average Bonchev–Trinajstić information content (AvgIpc) is 3.26. The third-order valence-electron chi connectivity index (χ3n) is 5.08. The Morgan fingerprint density at radius 3 is 2.50 bits per heavy atom. The summed E-state index contributed by atoms with van der Waals surface area (Å²) in [6.07, 6.45) is -4.83. The second kappa shape index (κ2) is 8.50. The van der Waals surface area contributed by atoms with E-state index in [4.69, 9.17) is 9.47 Å². The molecule has 0 amide bonds. The molecule has 30 heavy (non-hydrogen) atoms. The topological polar surface area (TPSA) is 130 Å². The first-order valence-corrected chi connectivity index (χ1v) is 9.54. The molecule has 4 N–H and O–H groups in total. The molecule has 9 heteroatoms. The molecule has 0 radical (unpaired) electrons. The van der Waals surface area contributed by atoms with Gasteiger partial charge in [-0.1, -0.05) is 35.5 Å². The van der Waals surface area contributed by atoms with Gasteiger partial charge in [-0.25, -0.2) is 4.68 Å². The Bertz CT molecular complexity index is 993. The van der Waals surface area contributed by atoms with Gasteiger partial charge in [-0.15, -0.1) is 5.10 Å². The molecule has 2 aromatic carbocycles. The second-order valence-corrected chi connectivity index (χ2v) is 7.18. The summed E-state index contributed by atoms with van der Waals surface area (Å²) in [5.74, 6) is 0.423. The van der Waals surface area contributed by atoms with Gasteiger partial charge in [0.15, 0.2) is 0 Å². The molecule has 1 fully saturated rings. The number of hydrogen-bond acceptors (Lipinski definition) is 8. The molecule has 1 aliphatic rings. The molecule has 4 rings (SSSR count). The Kier molecular flexibility index (Phi) is 5.80. The van der Waals surface area contributed by atoms with Gasteiger partial charge in [0.2, 0.25) is 6.29 Å². The molecular weight excluding hydrogens is 390 g/mol. The van der Waals surface area contributed by atoms with Crippen LogP contribution in [-0.4, -0.2) is 72.7 Å². The lowest BCUT2D eigenvalue weighted by Gasteiger charge is -2.39. The van der Waals surface area contributed by atoms with E-state index in [0.717, 1.165) is 22.5 Å². The molecule has 3 aromatic rings. The monoisotopic (exact) mass is 413 g/mol. The predicted octanol–water partition coefficient (Wildman–Crippen LogP) is 0.421. The van der Waals surface area contributed by atoms with Gasteiger partial charge in [-0.05, 0) is 30.7 Å². The van der Waals surface area contributed by atoms with Gasteiger partial charge in [0.1, 0.15) is 35.9 Å². The molecule has 5 atom stereocenters. The Morgan fingerprint density at radius 1 is 1.03 bits per heavy atom. The van der Waals surface area contributed by atoms with Crippen LogP contribution in [0.3, 0.4) is 0 Å². The van der Waals surface area contributed by atoms with E-state index in [1.807, 2.05) is 49.5 Å². The smallest absolute Gasteiger partial charge is 0.229 e. The Balaban J connectivity index is 1.52. The number of aryl methyl sites for hydroxylation is 1. The van der Waals surface area contributed by atoms with Crippen molar-refractivity contribution in [1.82, 2.24) is 15.0 Å². The highest BCUT2D eigenvalue weighted by molar-refractivity contribution is 5.58. The molecule has 2 heterocycles. The van der Waals surface area contributed by atoms with Crippen LogP contribution in [0, 0.1) is 6.92 Å². The van der Waals surface area contributed by atoms with Gasteiger partial charge in [0, 0.05) is 5.56 Å².